The molecule has 0 aliphatic carbocycles. The molecule has 35 heavy (non-hydrogen) atoms. The molecule has 1 aliphatic heterocycles. The van der Waals surface area contributed by atoms with Crippen LogP contribution < -0.4 is 10.1 Å². The maximum atomic E-state index is 12.9. The third kappa shape index (κ3) is 5.30. The minimum atomic E-state index is -0.486. The van der Waals surface area contributed by atoms with E-state index in [1.54, 1.807) is 36.5 Å². The molecule has 0 saturated carbocycles. The Morgan fingerprint density at radius 1 is 1.11 bits per heavy atom. The molecule has 0 atom stereocenters. The topological polar surface area (TPSA) is 93.5 Å². The smallest absolute Gasteiger partial charge is 0.294 e. The van der Waals surface area contributed by atoms with Crippen molar-refractivity contribution in [3.05, 3.63) is 76.1 Å². The molecule has 180 valence electrons. The zero-order valence-corrected chi connectivity index (χ0v) is 20.8. The largest absolute Gasteiger partial charge is 0.494 e. The first kappa shape index (κ1) is 24.3. The Hall–Kier alpha value is -3.85. The fourth-order valence-corrected chi connectivity index (χ4v) is 4.68. The van der Waals surface area contributed by atoms with Gasteiger partial charge in [-0.3, -0.25) is 19.3 Å². The third-order valence-corrected chi connectivity index (χ3v) is 6.42. The highest BCUT2D eigenvalue weighted by Crippen LogP contribution is 2.33. The van der Waals surface area contributed by atoms with E-state index in [1.807, 2.05) is 50.5 Å². The average molecular weight is 491 g/mol. The number of pyridine rings is 1. The molecule has 1 aliphatic rings. The fraction of sp³-hybridized carbons (Fsp3) is 0.231. The van der Waals surface area contributed by atoms with Crippen molar-refractivity contribution in [3.8, 4) is 11.6 Å². The second kappa shape index (κ2) is 10.2. The lowest BCUT2D eigenvalue weighted by Crippen LogP contribution is -2.36. The molecule has 1 fully saturated rings. The SMILES string of the molecule is CCOc1ccc(NC(=O)CN2C(=O)S/C(=C/c3cc(C)n(-c4cc(C)ccn4)c3C)C2=O)cc1. The predicted molar refractivity (Wildman–Crippen MR) is 137 cm³/mol. The van der Waals surface area contributed by atoms with Crippen LogP contribution in [0.25, 0.3) is 11.9 Å². The summed E-state index contributed by atoms with van der Waals surface area (Å²) in [4.78, 5) is 43.7. The van der Waals surface area contributed by atoms with Crippen molar-refractivity contribution in [1.29, 1.82) is 0 Å². The molecule has 0 bridgehead atoms. The highest BCUT2D eigenvalue weighted by molar-refractivity contribution is 8.18. The van der Waals surface area contributed by atoms with Gasteiger partial charge in [-0.05, 0) is 99.1 Å². The minimum Gasteiger partial charge on any atom is -0.494 e. The lowest BCUT2D eigenvalue weighted by molar-refractivity contribution is -0.127. The fourth-order valence-electron chi connectivity index (χ4n) is 3.85. The predicted octanol–water partition coefficient (Wildman–Crippen LogP) is 4.87. The molecule has 3 heterocycles. The van der Waals surface area contributed by atoms with Gasteiger partial charge in [0.15, 0.2) is 0 Å². The summed E-state index contributed by atoms with van der Waals surface area (Å²) < 4.78 is 7.39. The number of ether oxygens (including phenoxy) is 1. The number of imide groups is 1. The molecule has 9 heteroatoms. The van der Waals surface area contributed by atoms with Crippen LogP contribution >= 0.6 is 11.8 Å². The van der Waals surface area contributed by atoms with Gasteiger partial charge in [0, 0.05) is 23.3 Å². The summed E-state index contributed by atoms with van der Waals surface area (Å²) in [6.45, 7) is 7.98. The van der Waals surface area contributed by atoms with E-state index in [-0.39, 0.29) is 11.4 Å². The number of hydrogen-bond donors (Lipinski definition) is 1. The van der Waals surface area contributed by atoms with Gasteiger partial charge < -0.3 is 14.6 Å². The van der Waals surface area contributed by atoms with E-state index in [2.05, 4.69) is 10.3 Å². The van der Waals surface area contributed by atoms with Crippen LogP contribution in [0.3, 0.4) is 0 Å². The van der Waals surface area contributed by atoms with Gasteiger partial charge in [-0.25, -0.2) is 4.98 Å². The molecule has 8 nitrogen and oxygen atoms in total. The van der Waals surface area contributed by atoms with E-state index >= 15 is 0 Å². The van der Waals surface area contributed by atoms with Gasteiger partial charge in [0.2, 0.25) is 5.91 Å². The van der Waals surface area contributed by atoms with E-state index in [1.165, 1.54) is 0 Å². The quantitative estimate of drug-likeness (QED) is 0.475. The summed E-state index contributed by atoms with van der Waals surface area (Å²) >= 11 is 0.832. The summed E-state index contributed by atoms with van der Waals surface area (Å²) in [6, 6.07) is 12.8. The Labute approximate surface area is 208 Å². The molecular formula is C26H26N4O4S. The van der Waals surface area contributed by atoms with Crippen molar-refractivity contribution in [2.24, 2.45) is 0 Å². The van der Waals surface area contributed by atoms with Crippen molar-refractivity contribution >= 4 is 40.6 Å². The molecule has 0 spiro atoms. The van der Waals surface area contributed by atoms with Crippen LogP contribution in [-0.2, 0) is 9.59 Å². The van der Waals surface area contributed by atoms with Crippen LogP contribution in [-0.4, -0.2) is 44.7 Å². The van der Waals surface area contributed by atoms with E-state index in [0.717, 1.165) is 45.0 Å². The van der Waals surface area contributed by atoms with E-state index in [4.69, 9.17) is 4.74 Å². The first-order valence-corrected chi connectivity index (χ1v) is 12.0. The van der Waals surface area contributed by atoms with Crippen molar-refractivity contribution in [1.82, 2.24) is 14.5 Å². The lowest BCUT2D eigenvalue weighted by Gasteiger charge is -2.12. The van der Waals surface area contributed by atoms with Crippen LogP contribution in [0.1, 0.15) is 29.4 Å². The molecule has 0 unspecified atom stereocenters. The molecule has 1 saturated heterocycles. The Kier molecular flexibility index (Phi) is 7.07. The maximum Gasteiger partial charge on any atom is 0.294 e. The lowest BCUT2D eigenvalue weighted by atomic mass is 10.2. The number of amides is 3. The van der Waals surface area contributed by atoms with Gasteiger partial charge in [-0.2, -0.15) is 0 Å². The first-order valence-electron chi connectivity index (χ1n) is 11.2. The number of hydrogen-bond acceptors (Lipinski definition) is 6. The van der Waals surface area contributed by atoms with Gasteiger partial charge in [0.05, 0.1) is 11.5 Å². The Balaban J connectivity index is 1.48. The average Bonchev–Trinajstić information content (AvgIpc) is 3.24. The third-order valence-electron chi connectivity index (χ3n) is 5.51. The van der Waals surface area contributed by atoms with Gasteiger partial charge in [0.25, 0.3) is 11.1 Å². The first-order chi connectivity index (χ1) is 16.8. The molecule has 3 amide bonds. The van der Waals surface area contributed by atoms with Gasteiger partial charge in [0.1, 0.15) is 18.1 Å². The summed E-state index contributed by atoms with van der Waals surface area (Å²) in [7, 11) is 0. The summed E-state index contributed by atoms with van der Waals surface area (Å²) in [5.74, 6) is 0.541. The molecule has 4 rings (SSSR count). The zero-order valence-electron chi connectivity index (χ0n) is 20.0. The normalized spacial score (nSPS) is 14.6. The highest BCUT2D eigenvalue weighted by atomic mass is 32.2. The molecule has 2 aromatic heterocycles. The number of nitrogens with zero attached hydrogens (tertiary/aromatic N) is 3. The Morgan fingerprint density at radius 2 is 1.86 bits per heavy atom. The number of carbonyl (C=O) groups excluding carboxylic acids is 3. The van der Waals surface area contributed by atoms with Crippen LogP contribution in [0.4, 0.5) is 10.5 Å². The Bertz CT molecular complexity index is 1330. The number of rotatable bonds is 7. The highest BCUT2D eigenvalue weighted by Gasteiger charge is 2.36. The number of benzene rings is 1. The van der Waals surface area contributed by atoms with Gasteiger partial charge in [-0.1, -0.05) is 0 Å². The van der Waals surface area contributed by atoms with E-state index in [0.29, 0.717) is 18.0 Å². The number of nitrogens with one attached hydrogen (secondary N) is 1. The number of aromatic nitrogens is 2. The molecule has 3 aromatic rings. The van der Waals surface area contributed by atoms with Gasteiger partial charge >= 0.3 is 0 Å². The monoisotopic (exact) mass is 490 g/mol. The second-order valence-electron chi connectivity index (χ2n) is 8.13. The number of aryl methyl sites for hydroxylation is 2. The molecule has 0 radical (unpaired) electrons. The van der Waals surface area contributed by atoms with E-state index < -0.39 is 17.1 Å². The van der Waals surface area contributed by atoms with Crippen molar-refractivity contribution in [2.75, 3.05) is 18.5 Å². The molecule has 1 aromatic carbocycles. The van der Waals surface area contributed by atoms with Gasteiger partial charge in [-0.15, -0.1) is 0 Å². The maximum absolute atomic E-state index is 12.9. The van der Waals surface area contributed by atoms with Crippen LogP contribution in [0, 0.1) is 20.8 Å². The van der Waals surface area contributed by atoms with E-state index in [9.17, 15) is 14.4 Å². The number of anilines is 1. The second-order valence-corrected chi connectivity index (χ2v) is 9.12. The summed E-state index contributed by atoms with van der Waals surface area (Å²) in [6.07, 6.45) is 3.46. The summed E-state index contributed by atoms with van der Waals surface area (Å²) in [5.41, 5.74) is 4.32. The van der Waals surface area contributed by atoms with Crippen molar-refractivity contribution in [2.45, 2.75) is 27.7 Å². The van der Waals surface area contributed by atoms with Crippen LogP contribution in [0.2, 0.25) is 0 Å². The zero-order chi connectivity index (χ0) is 25.1. The van der Waals surface area contributed by atoms with Crippen LogP contribution in [0.15, 0.2) is 53.6 Å². The number of thioether (sulfide) groups is 1. The Morgan fingerprint density at radius 3 is 2.54 bits per heavy atom. The molecule has 1 N–H and O–H groups in total. The van der Waals surface area contributed by atoms with Crippen molar-refractivity contribution < 1.29 is 19.1 Å². The standard InChI is InChI=1S/C26H26N4O4S/c1-5-34-21-8-6-20(7-9-21)28-24(31)15-29-25(32)22(35-26(29)33)14-19-13-17(3)30(18(19)4)23-12-16(2)10-11-27-23/h6-14H,5,15H2,1-4H3,(H,28,31)/b22-14+. The summed E-state index contributed by atoms with van der Waals surface area (Å²) in [5, 5.41) is 2.23. The number of carbonyl (C=O) groups is 3. The molecular weight excluding hydrogens is 464 g/mol. The van der Waals surface area contributed by atoms with Crippen LogP contribution in [0.5, 0.6) is 5.75 Å². The minimum absolute atomic E-state index is 0.279. The van der Waals surface area contributed by atoms with Crippen molar-refractivity contribution in [3.63, 3.8) is 0 Å².